The van der Waals surface area contributed by atoms with Gasteiger partial charge >= 0.3 is 0 Å². The van der Waals surface area contributed by atoms with Gasteiger partial charge in [0.05, 0.1) is 6.04 Å². The SMILES string of the molecule is CC(=O)N[C@@H](Cc1cccc(C#CCOc2cccc(C(C)NCc3ccccc3)c2)c1)C(C)=O. The van der Waals surface area contributed by atoms with Crippen LogP contribution < -0.4 is 15.4 Å². The third kappa shape index (κ3) is 8.77. The van der Waals surface area contributed by atoms with Crippen LogP contribution in [0.25, 0.3) is 0 Å². The maximum Gasteiger partial charge on any atom is 0.217 e. The van der Waals surface area contributed by atoms with Crippen molar-refractivity contribution < 1.29 is 14.3 Å². The highest BCUT2D eigenvalue weighted by atomic mass is 16.5. The highest BCUT2D eigenvalue weighted by molar-refractivity contribution is 5.86. The fraction of sp³-hybridized carbons (Fsp3) is 0.267. The molecule has 0 heterocycles. The number of Topliss-reactive ketones (excluding diaryl/α,β-unsaturated/α-hetero) is 1. The Hall–Kier alpha value is -3.88. The van der Waals surface area contributed by atoms with Crippen LogP contribution in [0.3, 0.4) is 0 Å². The van der Waals surface area contributed by atoms with Crippen molar-refractivity contribution in [3.05, 3.63) is 101 Å². The molecule has 0 aromatic heterocycles. The number of ketones is 1. The van der Waals surface area contributed by atoms with Gasteiger partial charge < -0.3 is 15.4 Å². The van der Waals surface area contributed by atoms with Crippen LogP contribution in [0.2, 0.25) is 0 Å². The number of hydrogen-bond acceptors (Lipinski definition) is 4. The van der Waals surface area contributed by atoms with Crippen LogP contribution in [-0.4, -0.2) is 24.3 Å². The number of carbonyl (C=O) groups is 2. The zero-order chi connectivity index (χ0) is 25.0. The smallest absolute Gasteiger partial charge is 0.217 e. The first-order valence-electron chi connectivity index (χ1n) is 11.8. The summed E-state index contributed by atoms with van der Waals surface area (Å²) in [7, 11) is 0. The first kappa shape index (κ1) is 25.7. The van der Waals surface area contributed by atoms with E-state index < -0.39 is 6.04 Å². The summed E-state index contributed by atoms with van der Waals surface area (Å²) in [4.78, 5) is 23.2. The van der Waals surface area contributed by atoms with Crippen LogP contribution in [0.5, 0.6) is 5.75 Å². The number of ether oxygens (including phenoxy) is 1. The fourth-order valence-corrected chi connectivity index (χ4v) is 3.67. The quantitative estimate of drug-likeness (QED) is 0.427. The highest BCUT2D eigenvalue weighted by Gasteiger charge is 2.15. The van der Waals surface area contributed by atoms with Gasteiger partial charge in [-0.2, -0.15) is 0 Å². The van der Waals surface area contributed by atoms with Gasteiger partial charge in [-0.15, -0.1) is 0 Å². The topological polar surface area (TPSA) is 67.4 Å². The molecule has 0 bridgehead atoms. The average Bonchev–Trinajstić information content (AvgIpc) is 2.85. The van der Waals surface area contributed by atoms with Gasteiger partial charge in [-0.05, 0) is 61.2 Å². The molecule has 35 heavy (non-hydrogen) atoms. The predicted molar refractivity (Wildman–Crippen MR) is 139 cm³/mol. The van der Waals surface area contributed by atoms with Gasteiger partial charge in [0.15, 0.2) is 5.78 Å². The Morgan fingerprint density at radius 1 is 0.914 bits per heavy atom. The van der Waals surface area contributed by atoms with Crippen molar-refractivity contribution in [1.29, 1.82) is 0 Å². The van der Waals surface area contributed by atoms with E-state index in [1.165, 1.54) is 19.4 Å². The van der Waals surface area contributed by atoms with Gasteiger partial charge in [0.2, 0.25) is 5.91 Å². The molecule has 5 nitrogen and oxygen atoms in total. The molecule has 0 radical (unpaired) electrons. The lowest BCUT2D eigenvalue weighted by Gasteiger charge is -2.15. The molecule has 3 aromatic rings. The molecule has 1 amide bonds. The van der Waals surface area contributed by atoms with E-state index in [1.807, 2.05) is 60.7 Å². The van der Waals surface area contributed by atoms with Gasteiger partial charge in [0, 0.05) is 25.1 Å². The Morgan fingerprint density at radius 3 is 2.40 bits per heavy atom. The molecule has 0 saturated carbocycles. The van der Waals surface area contributed by atoms with Crippen LogP contribution >= 0.6 is 0 Å². The Balaban J connectivity index is 1.54. The zero-order valence-electron chi connectivity index (χ0n) is 20.5. The molecular weight excluding hydrogens is 436 g/mol. The number of carbonyl (C=O) groups excluding carboxylic acids is 2. The van der Waals surface area contributed by atoms with E-state index in [0.29, 0.717) is 6.42 Å². The molecule has 0 aliphatic heterocycles. The molecule has 180 valence electrons. The van der Waals surface area contributed by atoms with E-state index in [1.54, 1.807) is 0 Å². The molecule has 0 saturated heterocycles. The summed E-state index contributed by atoms with van der Waals surface area (Å²) in [6.45, 7) is 6.10. The van der Waals surface area contributed by atoms with Crippen molar-refractivity contribution in [1.82, 2.24) is 10.6 Å². The molecule has 2 atom stereocenters. The number of hydrogen-bond donors (Lipinski definition) is 2. The van der Waals surface area contributed by atoms with Gasteiger partial charge in [-0.25, -0.2) is 0 Å². The number of amides is 1. The van der Waals surface area contributed by atoms with Gasteiger partial charge in [-0.3, -0.25) is 9.59 Å². The van der Waals surface area contributed by atoms with Crippen LogP contribution in [0, 0.1) is 11.8 Å². The van der Waals surface area contributed by atoms with Crippen LogP contribution in [0.15, 0.2) is 78.9 Å². The van der Waals surface area contributed by atoms with E-state index in [2.05, 4.69) is 47.6 Å². The molecule has 0 aliphatic carbocycles. The van der Waals surface area contributed by atoms with E-state index in [9.17, 15) is 9.59 Å². The lowest BCUT2D eigenvalue weighted by molar-refractivity contribution is -0.125. The van der Waals surface area contributed by atoms with Crippen molar-refractivity contribution in [3.63, 3.8) is 0 Å². The normalized spacial score (nSPS) is 12.1. The third-order valence-corrected chi connectivity index (χ3v) is 5.59. The van der Waals surface area contributed by atoms with E-state index in [4.69, 9.17) is 4.74 Å². The second kappa shape index (κ2) is 13.1. The maximum atomic E-state index is 11.8. The van der Waals surface area contributed by atoms with Crippen molar-refractivity contribution in [2.75, 3.05) is 6.61 Å². The predicted octanol–water partition coefficient (Wildman–Crippen LogP) is 4.60. The standard InChI is InChI=1S/C30H32N2O3/c1-22(31-21-26-10-5-4-6-11-26)28-15-8-16-29(20-28)35-17-9-14-25-12-7-13-27(18-25)19-30(23(2)33)32-24(3)34/h4-8,10-13,15-16,18,20,22,30-31H,17,19,21H2,1-3H3,(H,32,34)/t22?,30-/m0/s1. The average molecular weight is 469 g/mol. The Labute approximate surface area is 207 Å². The van der Waals surface area contributed by atoms with Gasteiger partial charge in [-0.1, -0.05) is 66.4 Å². The van der Waals surface area contributed by atoms with Gasteiger partial charge in [0.1, 0.15) is 12.4 Å². The van der Waals surface area contributed by atoms with E-state index >= 15 is 0 Å². The van der Waals surface area contributed by atoms with Crippen LogP contribution in [-0.2, 0) is 22.6 Å². The van der Waals surface area contributed by atoms with Crippen molar-refractivity contribution >= 4 is 11.7 Å². The molecule has 3 aromatic carbocycles. The van der Waals surface area contributed by atoms with Crippen LogP contribution in [0.4, 0.5) is 0 Å². The summed E-state index contributed by atoms with van der Waals surface area (Å²) in [5.41, 5.74) is 4.18. The number of benzene rings is 3. The lowest BCUT2D eigenvalue weighted by Crippen LogP contribution is -2.40. The Kier molecular flexibility index (Phi) is 9.65. The summed E-state index contributed by atoms with van der Waals surface area (Å²) in [5.74, 6) is 6.66. The second-order valence-corrected chi connectivity index (χ2v) is 8.52. The first-order chi connectivity index (χ1) is 16.9. The summed E-state index contributed by atoms with van der Waals surface area (Å²) in [6.07, 6.45) is 0.435. The molecular formula is C30H32N2O3. The van der Waals surface area contributed by atoms with Crippen molar-refractivity contribution in [3.8, 4) is 17.6 Å². The minimum atomic E-state index is -0.532. The minimum Gasteiger partial charge on any atom is -0.481 e. The highest BCUT2D eigenvalue weighted by Crippen LogP contribution is 2.19. The maximum absolute atomic E-state index is 11.8. The summed E-state index contributed by atoms with van der Waals surface area (Å²) in [5, 5.41) is 6.24. The molecule has 2 N–H and O–H groups in total. The molecule has 3 rings (SSSR count). The Morgan fingerprint density at radius 2 is 1.66 bits per heavy atom. The van der Waals surface area contributed by atoms with Crippen molar-refractivity contribution in [2.24, 2.45) is 0 Å². The summed E-state index contributed by atoms with van der Waals surface area (Å²) < 4.78 is 5.86. The zero-order valence-corrected chi connectivity index (χ0v) is 20.5. The molecule has 0 fully saturated rings. The second-order valence-electron chi connectivity index (χ2n) is 8.52. The fourth-order valence-electron chi connectivity index (χ4n) is 3.67. The van der Waals surface area contributed by atoms with E-state index in [0.717, 1.165) is 29.0 Å². The molecule has 0 aliphatic rings. The van der Waals surface area contributed by atoms with Crippen molar-refractivity contribution in [2.45, 2.75) is 45.8 Å². The number of rotatable bonds is 10. The largest absolute Gasteiger partial charge is 0.481 e. The monoisotopic (exact) mass is 468 g/mol. The molecule has 5 heteroatoms. The minimum absolute atomic E-state index is 0.0723. The van der Waals surface area contributed by atoms with Crippen LogP contribution in [0.1, 0.15) is 49.1 Å². The molecule has 0 spiro atoms. The third-order valence-electron chi connectivity index (χ3n) is 5.59. The first-order valence-corrected chi connectivity index (χ1v) is 11.8. The van der Waals surface area contributed by atoms with E-state index in [-0.39, 0.29) is 24.3 Å². The molecule has 1 unspecified atom stereocenters. The lowest BCUT2D eigenvalue weighted by atomic mass is 10.0. The van der Waals surface area contributed by atoms with Gasteiger partial charge in [0.25, 0.3) is 0 Å². The summed E-state index contributed by atoms with van der Waals surface area (Å²) >= 11 is 0. The number of nitrogens with one attached hydrogen (secondary N) is 2. The summed E-state index contributed by atoms with van der Waals surface area (Å²) in [6, 6.07) is 25.7. The Bertz CT molecular complexity index is 1190.